The molecular formula is C16H20N2O3. The highest BCUT2D eigenvalue weighted by atomic mass is 16.5. The van der Waals surface area contributed by atoms with E-state index in [0.29, 0.717) is 36.7 Å². The summed E-state index contributed by atoms with van der Waals surface area (Å²) >= 11 is 0. The minimum atomic E-state index is -0.0205. The third kappa shape index (κ3) is 4.55. The molecule has 1 N–H and O–H groups in total. The summed E-state index contributed by atoms with van der Waals surface area (Å²) in [5.41, 5.74) is 1.24. The molecule has 0 saturated heterocycles. The first-order valence-corrected chi connectivity index (χ1v) is 7.11. The highest BCUT2D eigenvalue weighted by Gasteiger charge is 2.32. The number of amides is 1. The van der Waals surface area contributed by atoms with E-state index in [-0.39, 0.29) is 12.5 Å². The zero-order chi connectivity index (χ0) is 15.1. The number of nitrogens with zero attached hydrogens (tertiary/aromatic N) is 2. The van der Waals surface area contributed by atoms with Crippen LogP contribution >= 0.6 is 0 Å². The van der Waals surface area contributed by atoms with Gasteiger partial charge in [0.25, 0.3) is 5.91 Å². The number of aliphatic hydroxyl groups is 1. The molecule has 0 aliphatic heterocycles. The summed E-state index contributed by atoms with van der Waals surface area (Å²) in [6, 6.07) is 2.08. The quantitative estimate of drug-likeness (QED) is 0.795. The molecule has 0 atom stereocenters. The van der Waals surface area contributed by atoms with Crippen LogP contribution in [0.4, 0.5) is 0 Å². The Morgan fingerprint density at radius 3 is 3.00 bits per heavy atom. The molecular weight excluding hydrogens is 268 g/mol. The lowest BCUT2D eigenvalue weighted by molar-refractivity contribution is 0.0679. The van der Waals surface area contributed by atoms with E-state index in [4.69, 9.17) is 9.84 Å². The second kappa shape index (κ2) is 7.77. The predicted octanol–water partition coefficient (Wildman–Crippen LogP) is 1.07. The molecule has 1 aliphatic carbocycles. The van der Waals surface area contributed by atoms with Crippen molar-refractivity contribution in [2.24, 2.45) is 0 Å². The molecule has 1 amide bonds. The largest absolute Gasteiger partial charge is 0.395 e. The van der Waals surface area contributed by atoms with Crippen LogP contribution < -0.4 is 0 Å². The molecule has 1 heterocycles. The van der Waals surface area contributed by atoms with Crippen molar-refractivity contribution in [1.82, 2.24) is 9.88 Å². The highest BCUT2D eigenvalue weighted by molar-refractivity contribution is 5.94. The predicted molar refractivity (Wildman–Crippen MR) is 78.8 cm³/mol. The smallest absolute Gasteiger partial charge is 0.255 e. The van der Waals surface area contributed by atoms with Crippen LogP contribution in [0.3, 0.4) is 0 Å². The molecule has 2 rings (SSSR count). The summed E-state index contributed by atoms with van der Waals surface area (Å²) in [6.45, 7) is 1.16. The molecule has 5 heteroatoms. The van der Waals surface area contributed by atoms with Gasteiger partial charge in [0.1, 0.15) is 0 Å². The second-order valence-corrected chi connectivity index (χ2v) is 4.96. The zero-order valence-corrected chi connectivity index (χ0v) is 12.2. The molecule has 0 radical (unpaired) electrons. The van der Waals surface area contributed by atoms with Crippen molar-refractivity contribution >= 4 is 5.91 Å². The molecule has 1 aromatic heterocycles. The number of methoxy groups -OCH3 is 1. The molecule has 0 aromatic carbocycles. The fourth-order valence-electron chi connectivity index (χ4n) is 2.04. The Bertz CT molecular complexity index is 544. The maximum atomic E-state index is 12.6. The Morgan fingerprint density at radius 1 is 1.52 bits per heavy atom. The maximum absolute atomic E-state index is 12.6. The molecule has 0 unspecified atom stereocenters. The molecule has 112 valence electrons. The van der Waals surface area contributed by atoms with Gasteiger partial charge in [0.05, 0.1) is 18.8 Å². The van der Waals surface area contributed by atoms with Crippen molar-refractivity contribution in [3.05, 3.63) is 29.6 Å². The Morgan fingerprint density at radius 2 is 2.33 bits per heavy atom. The zero-order valence-electron chi connectivity index (χ0n) is 12.2. The monoisotopic (exact) mass is 288 g/mol. The van der Waals surface area contributed by atoms with Crippen LogP contribution in [-0.4, -0.2) is 53.8 Å². The maximum Gasteiger partial charge on any atom is 0.255 e. The molecule has 1 saturated carbocycles. The van der Waals surface area contributed by atoms with Gasteiger partial charge in [-0.2, -0.15) is 0 Å². The van der Waals surface area contributed by atoms with Crippen LogP contribution in [-0.2, 0) is 4.74 Å². The highest BCUT2D eigenvalue weighted by Crippen LogP contribution is 2.28. The summed E-state index contributed by atoms with van der Waals surface area (Å²) in [5.74, 6) is 5.71. The van der Waals surface area contributed by atoms with Crippen molar-refractivity contribution in [2.45, 2.75) is 25.3 Å². The van der Waals surface area contributed by atoms with E-state index in [1.165, 1.54) is 0 Å². The summed E-state index contributed by atoms with van der Waals surface area (Å²) in [5, 5.41) is 8.72. The Kier molecular flexibility index (Phi) is 5.73. The average molecular weight is 288 g/mol. The van der Waals surface area contributed by atoms with Crippen molar-refractivity contribution in [3.8, 4) is 11.8 Å². The molecule has 1 aromatic rings. The van der Waals surface area contributed by atoms with Gasteiger partial charge in [-0.25, -0.2) is 0 Å². The summed E-state index contributed by atoms with van der Waals surface area (Å²) in [7, 11) is 1.63. The molecule has 0 bridgehead atoms. The lowest BCUT2D eigenvalue weighted by Crippen LogP contribution is -2.35. The van der Waals surface area contributed by atoms with Crippen LogP contribution in [0.15, 0.2) is 18.5 Å². The van der Waals surface area contributed by atoms with Gasteiger partial charge < -0.3 is 14.7 Å². The fraction of sp³-hybridized carbons (Fsp3) is 0.500. The van der Waals surface area contributed by atoms with Crippen molar-refractivity contribution in [1.29, 1.82) is 0 Å². The number of hydrogen-bond acceptors (Lipinski definition) is 4. The molecule has 21 heavy (non-hydrogen) atoms. The van der Waals surface area contributed by atoms with Gasteiger partial charge in [-0.3, -0.25) is 9.78 Å². The van der Waals surface area contributed by atoms with Crippen molar-refractivity contribution < 1.29 is 14.6 Å². The van der Waals surface area contributed by atoms with Crippen LogP contribution in [0.2, 0.25) is 0 Å². The van der Waals surface area contributed by atoms with Gasteiger partial charge in [-0.15, -0.1) is 0 Å². The third-order valence-electron chi connectivity index (χ3n) is 3.24. The van der Waals surface area contributed by atoms with E-state index < -0.39 is 0 Å². The topological polar surface area (TPSA) is 62.7 Å². The SMILES string of the molecule is COCCN(C(=O)c1cncc(C#CCCO)c1)C1CC1. The number of hydrogen-bond donors (Lipinski definition) is 1. The summed E-state index contributed by atoms with van der Waals surface area (Å²) < 4.78 is 5.07. The van der Waals surface area contributed by atoms with Crippen LogP contribution in [0.25, 0.3) is 0 Å². The average Bonchev–Trinajstić information content (AvgIpc) is 3.33. The van der Waals surface area contributed by atoms with Gasteiger partial charge in [0.2, 0.25) is 0 Å². The standard InChI is InChI=1S/C16H20N2O3/c1-21-9-7-18(15-5-6-15)16(20)14-10-13(11-17-12-14)4-2-3-8-19/h10-12,15,19H,3,5-9H2,1H3. The summed E-state index contributed by atoms with van der Waals surface area (Å²) in [4.78, 5) is 18.5. The van der Waals surface area contributed by atoms with E-state index in [2.05, 4.69) is 16.8 Å². The van der Waals surface area contributed by atoms with Gasteiger partial charge in [0, 0.05) is 44.1 Å². The number of aliphatic hydroxyl groups excluding tert-OH is 1. The van der Waals surface area contributed by atoms with Gasteiger partial charge in [-0.1, -0.05) is 11.8 Å². The number of pyridine rings is 1. The van der Waals surface area contributed by atoms with Crippen LogP contribution in [0, 0.1) is 11.8 Å². The molecule has 5 nitrogen and oxygen atoms in total. The van der Waals surface area contributed by atoms with Gasteiger partial charge in [-0.05, 0) is 18.9 Å². The molecule has 0 spiro atoms. The van der Waals surface area contributed by atoms with E-state index in [1.54, 1.807) is 25.6 Å². The minimum Gasteiger partial charge on any atom is -0.395 e. The van der Waals surface area contributed by atoms with Crippen molar-refractivity contribution in [2.75, 3.05) is 26.9 Å². The van der Waals surface area contributed by atoms with Gasteiger partial charge in [0.15, 0.2) is 0 Å². The van der Waals surface area contributed by atoms with E-state index in [0.717, 1.165) is 12.8 Å². The van der Waals surface area contributed by atoms with Gasteiger partial charge >= 0.3 is 0 Å². The number of ether oxygens (including phenoxy) is 1. The Labute approximate surface area is 124 Å². The van der Waals surface area contributed by atoms with E-state index >= 15 is 0 Å². The summed E-state index contributed by atoms with van der Waals surface area (Å²) in [6.07, 6.45) is 5.72. The molecule has 1 fully saturated rings. The van der Waals surface area contributed by atoms with Crippen molar-refractivity contribution in [3.63, 3.8) is 0 Å². The first-order chi connectivity index (χ1) is 10.3. The van der Waals surface area contributed by atoms with E-state index in [9.17, 15) is 4.79 Å². The third-order valence-corrected chi connectivity index (χ3v) is 3.24. The lowest BCUT2D eigenvalue weighted by atomic mass is 10.2. The lowest BCUT2D eigenvalue weighted by Gasteiger charge is -2.22. The first-order valence-electron chi connectivity index (χ1n) is 7.11. The molecule has 1 aliphatic rings. The number of aromatic nitrogens is 1. The second-order valence-electron chi connectivity index (χ2n) is 4.96. The fourth-order valence-corrected chi connectivity index (χ4v) is 2.04. The first kappa shape index (κ1) is 15.5. The number of rotatable bonds is 6. The van der Waals surface area contributed by atoms with Crippen LogP contribution in [0.1, 0.15) is 35.2 Å². The van der Waals surface area contributed by atoms with Crippen LogP contribution in [0.5, 0.6) is 0 Å². The number of carbonyl (C=O) groups is 1. The minimum absolute atomic E-state index is 0.0205. The number of carbonyl (C=O) groups excluding carboxylic acids is 1. The normalized spacial score (nSPS) is 13.4. The Balaban J connectivity index is 2.10. The Hall–Kier alpha value is -1.90. The van der Waals surface area contributed by atoms with E-state index in [1.807, 2.05) is 4.90 Å².